The summed E-state index contributed by atoms with van der Waals surface area (Å²) in [6.07, 6.45) is 1.66. The molecule has 92 valence electrons. The molecule has 0 aliphatic carbocycles. The number of benzene rings is 1. The van der Waals surface area contributed by atoms with E-state index in [2.05, 4.69) is 17.2 Å². The molecule has 4 heteroatoms. The minimum Gasteiger partial charge on any atom is -0.385 e. The van der Waals surface area contributed by atoms with Crippen LogP contribution in [0, 0.1) is 0 Å². The Morgan fingerprint density at radius 3 is 2.94 bits per heavy atom. The first-order valence-corrected chi connectivity index (χ1v) is 5.87. The lowest BCUT2D eigenvalue weighted by atomic mass is 10.1. The van der Waals surface area contributed by atoms with Crippen molar-refractivity contribution in [3.63, 3.8) is 0 Å². The molecule has 1 aromatic heterocycles. The maximum absolute atomic E-state index is 6.06. The first-order valence-electron chi connectivity index (χ1n) is 5.87. The Kier molecular flexibility index (Phi) is 3.76. The topological polar surface area (TPSA) is 53.1 Å². The number of nitrogens with zero attached hydrogens (tertiary/aromatic N) is 2. The monoisotopic (exact) mass is 233 g/mol. The second-order valence-electron chi connectivity index (χ2n) is 4.33. The molecule has 0 amide bonds. The van der Waals surface area contributed by atoms with E-state index in [-0.39, 0.29) is 6.04 Å². The van der Waals surface area contributed by atoms with E-state index in [0.717, 1.165) is 24.1 Å². The second-order valence-corrected chi connectivity index (χ2v) is 4.33. The van der Waals surface area contributed by atoms with Crippen LogP contribution in [-0.4, -0.2) is 29.5 Å². The van der Waals surface area contributed by atoms with Crippen molar-refractivity contribution >= 4 is 10.9 Å². The smallest absolute Gasteiger partial charge is 0.0718 e. The Morgan fingerprint density at radius 1 is 1.41 bits per heavy atom. The molecular weight excluding hydrogens is 214 g/mol. The van der Waals surface area contributed by atoms with E-state index in [1.54, 1.807) is 7.11 Å². The molecule has 0 spiro atoms. The zero-order valence-corrected chi connectivity index (χ0v) is 10.4. The van der Waals surface area contributed by atoms with E-state index in [1.807, 2.05) is 23.9 Å². The van der Waals surface area contributed by atoms with Gasteiger partial charge in [0.05, 0.1) is 11.2 Å². The second kappa shape index (κ2) is 5.29. The van der Waals surface area contributed by atoms with Gasteiger partial charge < -0.3 is 10.5 Å². The third-order valence-electron chi connectivity index (χ3n) is 2.98. The first-order chi connectivity index (χ1) is 8.22. The molecule has 0 fully saturated rings. The third-order valence-corrected chi connectivity index (χ3v) is 2.98. The van der Waals surface area contributed by atoms with Crippen LogP contribution in [0.4, 0.5) is 0 Å². The SMILES string of the molecule is COCCC(N)Cc1nn(C)c2ccccc12. The van der Waals surface area contributed by atoms with Crippen LogP contribution in [0.1, 0.15) is 12.1 Å². The van der Waals surface area contributed by atoms with Gasteiger partial charge >= 0.3 is 0 Å². The Morgan fingerprint density at radius 2 is 2.18 bits per heavy atom. The third kappa shape index (κ3) is 2.65. The van der Waals surface area contributed by atoms with E-state index in [4.69, 9.17) is 10.5 Å². The van der Waals surface area contributed by atoms with Gasteiger partial charge in [-0.15, -0.1) is 0 Å². The van der Waals surface area contributed by atoms with Crippen molar-refractivity contribution in [1.82, 2.24) is 9.78 Å². The molecular formula is C13H19N3O. The lowest BCUT2D eigenvalue weighted by Gasteiger charge is -2.08. The van der Waals surface area contributed by atoms with Crippen molar-refractivity contribution < 1.29 is 4.74 Å². The number of ether oxygens (including phenoxy) is 1. The maximum atomic E-state index is 6.06. The largest absolute Gasteiger partial charge is 0.385 e. The van der Waals surface area contributed by atoms with Crippen molar-refractivity contribution in [1.29, 1.82) is 0 Å². The highest BCUT2D eigenvalue weighted by Crippen LogP contribution is 2.18. The van der Waals surface area contributed by atoms with Gasteiger partial charge in [-0.25, -0.2) is 0 Å². The van der Waals surface area contributed by atoms with Gasteiger partial charge in [-0.1, -0.05) is 18.2 Å². The van der Waals surface area contributed by atoms with E-state index < -0.39 is 0 Å². The van der Waals surface area contributed by atoms with Crippen LogP contribution in [0.15, 0.2) is 24.3 Å². The van der Waals surface area contributed by atoms with Crippen LogP contribution in [0.3, 0.4) is 0 Å². The quantitative estimate of drug-likeness (QED) is 0.851. The van der Waals surface area contributed by atoms with Gasteiger partial charge in [0.2, 0.25) is 0 Å². The molecule has 0 aliphatic rings. The van der Waals surface area contributed by atoms with Gasteiger partial charge in [0.1, 0.15) is 0 Å². The van der Waals surface area contributed by atoms with E-state index in [1.165, 1.54) is 5.39 Å². The number of methoxy groups -OCH3 is 1. The van der Waals surface area contributed by atoms with Gasteiger partial charge in [-0.2, -0.15) is 5.10 Å². The van der Waals surface area contributed by atoms with Crippen LogP contribution in [-0.2, 0) is 18.2 Å². The van der Waals surface area contributed by atoms with E-state index in [0.29, 0.717) is 6.61 Å². The molecule has 1 heterocycles. The molecule has 4 nitrogen and oxygen atoms in total. The van der Waals surface area contributed by atoms with Crippen LogP contribution < -0.4 is 5.73 Å². The normalized spacial score (nSPS) is 13.1. The van der Waals surface area contributed by atoms with Gasteiger partial charge in [-0.3, -0.25) is 4.68 Å². The predicted molar refractivity (Wildman–Crippen MR) is 68.9 cm³/mol. The Balaban J connectivity index is 2.18. The summed E-state index contributed by atoms with van der Waals surface area (Å²) in [5, 5.41) is 5.73. The summed E-state index contributed by atoms with van der Waals surface area (Å²) in [5.74, 6) is 0. The summed E-state index contributed by atoms with van der Waals surface area (Å²) in [7, 11) is 3.66. The lowest BCUT2D eigenvalue weighted by Crippen LogP contribution is -2.24. The number of rotatable bonds is 5. The summed E-state index contributed by atoms with van der Waals surface area (Å²) >= 11 is 0. The molecule has 0 saturated carbocycles. The number of aromatic nitrogens is 2. The van der Waals surface area contributed by atoms with Gasteiger partial charge in [0.15, 0.2) is 0 Å². The minimum absolute atomic E-state index is 0.105. The van der Waals surface area contributed by atoms with Crippen LogP contribution >= 0.6 is 0 Å². The zero-order chi connectivity index (χ0) is 12.3. The Hall–Kier alpha value is -1.39. The van der Waals surface area contributed by atoms with Crippen LogP contribution in [0.5, 0.6) is 0 Å². The predicted octanol–water partition coefficient (Wildman–Crippen LogP) is 1.48. The lowest BCUT2D eigenvalue weighted by molar-refractivity contribution is 0.187. The fourth-order valence-electron chi connectivity index (χ4n) is 2.06. The van der Waals surface area contributed by atoms with Crippen LogP contribution in [0.2, 0.25) is 0 Å². The average Bonchev–Trinajstić information content (AvgIpc) is 2.65. The van der Waals surface area contributed by atoms with Crippen molar-refractivity contribution in [2.75, 3.05) is 13.7 Å². The van der Waals surface area contributed by atoms with E-state index in [9.17, 15) is 0 Å². The summed E-state index contributed by atoms with van der Waals surface area (Å²) in [6, 6.07) is 8.34. The molecule has 17 heavy (non-hydrogen) atoms. The van der Waals surface area contributed by atoms with Crippen molar-refractivity contribution in [3.05, 3.63) is 30.0 Å². The summed E-state index contributed by atoms with van der Waals surface area (Å²) in [6.45, 7) is 0.700. The standard InChI is InChI=1S/C13H19N3O/c1-16-13-6-4-3-5-11(13)12(15-16)9-10(14)7-8-17-2/h3-6,10H,7-9,14H2,1-2H3. The van der Waals surface area contributed by atoms with Gasteiger partial charge in [-0.05, 0) is 12.5 Å². The average molecular weight is 233 g/mol. The molecule has 2 N–H and O–H groups in total. The van der Waals surface area contributed by atoms with Gasteiger partial charge in [0.25, 0.3) is 0 Å². The summed E-state index contributed by atoms with van der Waals surface area (Å²) in [5.41, 5.74) is 8.29. The number of hydrogen-bond acceptors (Lipinski definition) is 3. The molecule has 1 aromatic carbocycles. The van der Waals surface area contributed by atoms with Gasteiger partial charge in [0, 0.05) is 38.6 Å². The van der Waals surface area contributed by atoms with Crippen LogP contribution in [0.25, 0.3) is 10.9 Å². The molecule has 2 aromatic rings. The number of hydrogen-bond donors (Lipinski definition) is 1. The highest BCUT2D eigenvalue weighted by atomic mass is 16.5. The minimum atomic E-state index is 0.105. The highest BCUT2D eigenvalue weighted by Gasteiger charge is 2.11. The highest BCUT2D eigenvalue weighted by molar-refractivity contribution is 5.81. The molecule has 0 bridgehead atoms. The Labute approximate surface area is 101 Å². The first kappa shape index (κ1) is 12.1. The number of para-hydroxylation sites is 1. The zero-order valence-electron chi connectivity index (χ0n) is 10.4. The number of fused-ring (bicyclic) bond motifs is 1. The number of aryl methyl sites for hydroxylation is 1. The molecule has 0 radical (unpaired) electrons. The maximum Gasteiger partial charge on any atom is 0.0718 e. The van der Waals surface area contributed by atoms with Crippen molar-refractivity contribution in [3.8, 4) is 0 Å². The fraction of sp³-hybridized carbons (Fsp3) is 0.462. The van der Waals surface area contributed by atoms with Crippen molar-refractivity contribution in [2.45, 2.75) is 18.9 Å². The molecule has 1 unspecified atom stereocenters. The number of nitrogens with two attached hydrogens (primary N) is 1. The summed E-state index contributed by atoms with van der Waals surface area (Å²) < 4.78 is 6.95. The summed E-state index contributed by atoms with van der Waals surface area (Å²) in [4.78, 5) is 0. The van der Waals surface area contributed by atoms with E-state index >= 15 is 0 Å². The Bertz CT molecular complexity index is 492. The molecule has 2 rings (SSSR count). The molecule has 0 saturated heterocycles. The fourth-order valence-corrected chi connectivity index (χ4v) is 2.06. The molecule has 0 aliphatic heterocycles. The molecule has 1 atom stereocenters. The van der Waals surface area contributed by atoms with Crippen molar-refractivity contribution in [2.24, 2.45) is 12.8 Å².